The second-order valence-corrected chi connectivity index (χ2v) is 12.7. The number of hydrogen-bond donors (Lipinski definition) is 0. The Morgan fingerprint density at radius 3 is 2.12 bits per heavy atom. The van der Waals surface area contributed by atoms with Crippen molar-refractivity contribution in [3.63, 3.8) is 0 Å². The summed E-state index contributed by atoms with van der Waals surface area (Å²) in [5.41, 5.74) is 1.55. The molecule has 17 heavy (non-hydrogen) atoms. The molecule has 2 nitrogen and oxygen atoms in total. The molecule has 0 aromatic carbocycles. The Morgan fingerprint density at radius 1 is 1.18 bits per heavy atom. The molecule has 1 heterocycles. The lowest BCUT2D eigenvalue weighted by Gasteiger charge is -2.28. The average molecular weight is 254 g/mol. The van der Waals surface area contributed by atoms with Gasteiger partial charge in [0, 0.05) is 21.3 Å². The van der Waals surface area contributed by atoms with Gasteiger partial charge in [0.25, 0.3) is 0 Å². The molecule has 0 unspecified atom stereocenters. The summed E-state index contributed by atoms with van der Waals surface area (Å²) in [6.07, 6.45) is 3.37. The van der Waals surface area contributed by atoms with Crippen molar-refractivity contribution in [2.45, 2.75) is 52.9 Å². The molecule has 0 spiro atoms. The Bertz CT molecular complexity index is 270. The summed E-state index contributed by atoms with van der Waals surface area (Å²) in [6, 6.07) is 1.16. The molecule has 0 radical (unpaired) electrons. The maximum atomic E-state index is 5.76. The van der Waals surface area contributed by atoms with Crippen molar-refractivity contribution in [2.24, 2.45) is 5.41 Å². The molecule has 1 fully saturated rings. The first-order chi connectivity index (χ1) is 7.67. The number of rotatable bonds is 3. The van der Waals surface area contributed by atoms with Gasteiger partial charge in [0.05, 0.1) is 0 Å². The van der Waals surface area contributed by atoms with E-state index in [1.54, 1.807) is 0 Å². The highest BCUT2D eigenvalue weighted by molar-refractivity contribution is 6.78. The highest BCUT2D eigenvalue weighted by Gasteiger charge is 2.31. The molecule has 98 valence electrons. The maximum Gasteiger partial charge on any atom is 0.488 e. The van der Waals surface area contributed by atoms with Crippen molar-refractivity contribution in [3.8, 4) is 0 Å². The Hall–Kier alpha value is -0.0582. The van der Waals surface area contributed by atoms with Crippen LogP contribution in [0.15, 0.2) is 11.5 Å². The van der Waals surface area contributed by atoms with Gasteiger partial charge in [-0.2, -0.15) is 0 Å². The Morgan fingerprint density at radius 2 is 1.71 bits per heavy atom. The second-order valence-electron chi connectivity index (χ2n) is 7.25. The van der Waals surface area contributed by atoms with Crippen LogP contribution in [0.25, 0.3) is 0 Å². The SMILES string of the molecule is CC(C)(C)/C=C(/C[Si](C)(C)C)B1OCCCO1. The van der Waals surface area contributed by atoms with Gasteiger partial charge in [0.1, 0.15) is 0 Å². The molecule has 1 rings (SSSR count). The molecule has 0 aromatic rings. The molecule has 0 saturated carbocycles. The van der Waals surface area contributed by atoms with E-state index in [-0.39, 0.29) is 12.5 Å². The topological polar surface area (TPSA) is 18.5 Å². The summed E-state index contributed by atoms with van der Waals surface area (Å²) >= 11 is 0. The molecule has 0 bridgehead atoms. The van der Waals surface area contributed by atoms with Gasteiger partial charge in [-0.25, -0.2) is 0 Å². The van der Waals surface area contributed by atoms with Crippen molar-refractivity contribution in [3.05, 3.63) is 11.5 Å². The zero-order valence-corrected chi connectivity index (χ0v) is 13.3. The van der Waals surface area contributed by atoms with E-state index >= 15 is 0 Å². The first kappa shape index (κ1) is 15.0. The zero-order valence-electron chi connectivity index (χ0n) is 12.3. The van der Waals surface area contributed by atoms with Gasteiger partial charge in [-0.1, -0.05) is 46.5 Å². The van der Waals surface area contributed by atoms with E-state index < -0.39 is 8.07 Å². The van der Waals surface area contributed by atoms with Crippen LogP contribution >= 0.6 is 0 Å². The third-order valence-corrected chi connectivity index (χ3v) is 3.95. The molecule has 1 saturated heterocycles. The van der Waals surface area contributed by atoms with Gasteiger partial charge in [-0.15, -0.1) is 0 Å². The minimum atomic E-state index is -1.13. The Balaban J connectivity index is 2.81. The zero-order chi connectivity index (χ0) is 13.1. The predicted molar refractivity (Wildman–Crippen MR) is 78.0 cm³/mol. The van der Waals surface area contributed by atoms with Crippen LogP contribution in [0.3, 0.4) is 0 Å². The molecule has 0 atom stereocenters. The molecular weight excluding hydrogens is 227 g/mol. The molecule has 1 aliphatic heterocycles. The Kier molecular flexibility index (Phi) is 5.05. The smallest absolute Gasteiger partial charge is 0.407 e. The lowest BCUT2D eigenvalue weighted by Crippen LogP contribution is -2.36. The molecule has 4 heteroatoms. The van der Waals surface area contributed by atoms with Crippen LogP contribution in [0.4, 0.5) is 0 Å². The van der Waals surface area contributed by atoms with Crippen LogP contribution in [0.1, 0.15) is 27.2 Å². The number of allylic oxidation sites excluding steroid dienone is 2. The van der Waals surface area contributed by atoms with Gasteiger partial charge < -0.3 is 9.31 Å². The van der Waals surface area contributed by atoms with E-state index in [1.807, 2.05) is 0 Å². The second kappa shape index (κ2) is 5.72. The fraction of sp³-hybridized carbons (Fsp3) is 0.846. The molecule has 0 amide bonds. The van der Waals surface area contributed by atoms with Crippen LogP contribution < -0.4 is 0 Å². The van der Waals surface area contributed by atoms with Crippen molar-refractivity contribution >= 4 is 15.2 Å². The fourth-order valence-corrected chi connectivity index (χ4v) is 3.57. The highest BCUT2D eigenvalue weighted by atomic mass is 28.3. The van der Waals surface area contributed by atoms with E-state index in [9.17, 15) is 0 Å². The molecule has 0 aromatic heterocycles. The summed E-state index contributed by atoms with van der Waals surface area (Å²) in [5.74, 6) is 0. The van der Waals surface area contributed by atoms with Crippen molar-refractivity contribution in [1.82, 2.24) is 0 Å². The van der Waals surface area contributed by atoms with Crippen LogP contribution in [-0.4, -0.2) is 28.4 Å². The van der Waals surface area contributed by atoms with E-state index in [1.165, 1.54) is 5.47 Å². The predicted octanol–water partition coefficient (Wildman–Crippen LogP) is 3.76. The largest absolute Gasteiger partial charge is 0.488 e. The Labute approximate surface area is 108 Å². The van der Waals surface area contributed by atoms with E-state index in [0.29, 0.717) is 0 Å². The molecule has 1 aliphatic rings. The molecule has 0 N–H and O–H groups in total. The maximum absolute atomic E-state index is 5.76. The summed E-state index contributed by atoms with van der Waals surface area (Å²) in [6.45, 7) is 15.6. The van der Waals surface area contributed by atoms with Crippen LogP contribution in [0, 0.1) is 5.41 Å². The van der Waals surface area contributed by atoms with E-state index in [2.05, 4.69) is 46.5 Å². The van der Waals surface area contributed by atoms with Gasteiger partial charge in [0.2, 0.25) is 0 Å². The monoisotopic (exact) mass is 254 g/mol. The van der Waals surface area contributed by atoms with Gasteiger partial charge in [-0.05, 0) is 23.4 Å². The van der Waals surface area contributed by atoms with Crippen LogP contribution in [0.5, 0.6) is 0 Å². The lowest BCUT2D eigenvalue weighted by molar-refractivity contribution is 0.140. The van der Waals surface area contributed by atoms with E-state index in [0.717, 1.165) is 25.7 Å². The summed E-state index contributed by atoms with van der Waals surface area (Å²) in [5, 5.41) is 0. The van der Waals surface area contributed by atoms with Gasteiger partial charge in [-0.3, -0.25) is 0 Å². The highest BCUT2D eigenvalue weighted by Crippen LogP contribution is 2.27. The number of hydrogen-bond acceptors (Lipinski definition) is 2. The van der Waals surface area contributed by atoms with E-state index in [4.69, 9.17) is 9.31 Å². The summed E-state index contributed by atoms with van der Waals surface area (Å²) in [7, 11) is -1.22. The van der Waals surface area contributed by atoms with Crippen LogP contribution in [0.2, 0.25) is 25.7 Å². The minimum absolute atomic E-state index is 0.0882. The average Bonchev–Trinajstić information content (AvgIpc) is 2.14. The first-order valence-corrected chi connectivity index (χ1v) is 10.3. The summed E-state index contributed by atoms with van der Waals surface area (Å²) < 4.78 is 11.5. The lowest BCUT2D eigenvalue weighted by atomic mass is 9.74. The molecular formula is C13H27BO2Si. The normalized spacial score (nSPS) is 19.6. The van der Waals surface area contributed by atoms with Gasteiger partial charge >= 0.3 is 7.12 Å². The van der Waals surface area contributed by atoms with Crippen molar-refractivity contribution < 1.29 is 9.31 Å². The summed E-state index contributed by atoms with van der Waals surface area (Å²) in [4.78, 5) is 0. The first-order valence-electron chi connectivity index (χ1n) is 6.62. The standard InChI is InChI=1S/C13H27BO2Si/c1-13(2,3)10-12(11-17(4,5)6)14-15-8-7-9-16-14/h10H,7-9,11H2,1-6H3/b12-10-. The van der Waals surface area contributed by atoms with Crippen molar-refractivity contribution in [2.75, 3.05) is 13.2 Å². The third-order valence-electron chi connectivity index (χ3n) is 2.48. The van der Waals surface area contributed by atoms with Crippen LogP contribution in [-0.2, 0) is 9.31 Å². The van der Waals surface area contributed by atoms with Crippen molar-refractivity contribution in [1.29, 1.82) is 0 Å². The fourth-order valence-electron chi connectivity index (χ4n) is 2.07. The quantitative estimate of drug-likeness (QED) is 0.714. The van der Waals surface area contributed by atoms with Gasteiger partial charge in [0.15, 0.2) is 0 Å². The minimum Gasteiger partial charge on any atom is -0.407 e. The third kappa shape index (κ3) is 6.44. The molecule has 0 aliphatic carbocycles.